The Labute approximate surface area is 158 Å². The highest BCUT2D eigenvalue weighted by Crippen LogP contribution is 2.52. The molecule has 1 aliphatic carbocycles. The van der Waals surface area contributed by atoms with Gasteiger partial charge in [0.05, 0.1) is 0 Å². The average Bonchev–Trinajstić information content (AvgIpc) is 3.03. The van der Waals surface area contributed by atoms with Crippen molar-refractivity contribution in [2.75, 3.05) is 39.3 Å². The zero-order valence-electron chi connectivity index (χ0n) is 16.3. The SMILES string of the molecule is CCN(CC)CCN1CC[C@H]2c3ccccc3[C@@H](c3ccccc3)[C@H]2C1. The van der Waals surface area contributed by atoms with Gasteiger partial charge in [-0.15, -0.1) is 0 Å². The van der Waals surface area contributed by atoms with Gasteiger partial charge >= 0.3 is 0 Å². The van der Waals surface area contributed by atoms with Crippen LogP contribution < -0.4 is 0 Å². The summed E-state index contributed by atoms with van der Waals surface area (Å²) in [7, 11) is 0. The van der Waals surface area contributed by atoms with E-state index in [1.165, 1.54) is 38.2 Å². The molecule has 4 rings (SSSR count). The molecule has 3 atom stereocenters. The van der Waals surface area contributed by atoms with Crippen LogP contribution in [0.25, 0.3) is 0 Å². The summed E-state index contributed by atoms with van der Waals surface area (Å²) in [6.45, 7) is 11.8. The van der Waals surface area contributed by atoms with Gasteiger partial charge < -0.3 is 9.80 Å². The third-order valence-corrected chi connectivity index (χ3v) is 6.69. The van der Waals surface area contributed by atoms with Gasteiger partial charge in [-0.2, -0.15) is 0 Å². The van der Waals surface area contributed by atoms with Crippen molar-refractivity contribution in [3.05, 3.63) is 71.3 Å². The van der Waals surface area contributed by atoms with Crippen LogP contribution in [0.1, 0.15) is 48.8 Å². The number of piperidine rings is 1. The quantitative estimate of drug-likeness (QED) is 0.754. The lowest BCUT2D eigenvalue weighted by Crippen LogP contribution is -2.43. The molecule has 0 N–H and O–H groups in total. The maximum Gasteiger partial charge on any atom is 0.0138 e. The summed E-state index contributed by atoms with van der Waals surface area (Å²) in [6, 6.07) is 20.4. The number of likely N-dealkylation sites (tertiary alicyclic amines) is 1. The molecule has 0 spiro atoms. The smallest absolute Gasteiger partial charge is 0.0138 e. The normalized spacial score (nSPS) is 25.3. The van der Waals surface area contributed by atoms with Crippen molar-refractivity contribution >= 4 is 0 Å². The standard InChI is InChI=1S/C24H32N2/c1-3-25(4-2)16-17-26-15-14-21-20-12-8-9-13-22(20)24(23(21)18-26)19-10-6-5-7-11-19/h5-13,21,23-24H,3-4,14-18H2,1-2H3/t21-,23-,24+/m0/s1. The third kappa shape index (κ3) is 3.33. The van der Waals surface area contributed by atoms with Crippen LogP contribution in [0.2, 0.25) is 0 Å². The predicted octanol–water partition coefficient (Wildman–Crippen LogP) is 4.58. The van der Waals surface area contributed by atoms with Gasteiger partial charge in [0.25, 0.3) is 0 Å². The summed E-state index contributed by atoms with van der Waals surface area (Å²) in [5, 5.41) is 0. The van der Waals surface area contributed by atoms with E-state index in [4.69, 9.17) is 0 Å². The Hall–Kier alpha value is -1.64. The van der Waals surface area contributed by atoms with Gasteiger partial charge in [-0.05, 0) is 54.6 Å². The minimum absolute atomic E-state index is 0.564. The zero-order valence-corrected chi connectivity index (χ0v) is 16.3. The number of nitrogens with zero attached hydrogens (tertiary/aromatic N) is 2. The van der Waals surface area contributed by atoms with Gasteiger partial charge in [-0.3, -0.25) is 0 Å². The number of hydrogen-bond donors (Lipinski definition) is 0. The molecule has 2 nitrogen and oxygen atoms in total. The van der Waals surface area contributed by atoms with Crippen LogP contribution in [0.3, 0.4) is 0 Å². The molecule has 2 aromatic carbocycles. The fourth-order valence-corrected chi connectivity index (χ4v) is 5.25. The molecule has 1 fully saturated rings. The second-order valence-corrected chi connectivity index (χ2v) is 7.90. The molecule has 0 aromatic heterocycles. The monoisotopic (exact) mass is 348 g/mol. The fraction of sp³-hybridized carbons (Fsp3) is 0.500. The molecule has 1 aliphatic heterocycles. The fourth-order valence-electron chi connectivity index (χ4n) is 5.25. The molecule has 0 saturated carbocycles. The van der Waals surface area contributed by atoms with Crippen LogP contribution in [0.5, 0.6) is 0 Å². The Balaban J connectivity index is 1.56. The van der Waals surface area contributed by atoms with E-state index in [1.54, 1.807) is 11.1 Å². The van der Waals surface area contributed by atoms with E-state index < -0.39 is 0 Å². The van der Waals surface area contributed by atoms with Crippen LogP contribution in [0.15, 0.2) is 54.6 Å². The first kappa shape index (κ1) is 17.8. The number of benzene rings is 2. The van der Waals surface area contributed by atoms with Gasteiger partial charge in [0, 0.05) is 25.6 Å². The topological polar surface area (TPSA) is 6.48 Å². The summed E-state index contributed by atoms with van der Waals surface area (Å²) >= 11 is 0. The molecule has 2 aliphatic rings. The Bertz CT molecular complexity index is 707. The Morgan fingerprint density at radius 2 is 1.62 bits per heavy atom. The third-order valence-electron chi connectivity index (χ3n) is 6.69. The molecular formula is C24H32N2. The van der Waals surface area contributed by atoms with Crippen molar-refractivity contribution in [2.24, 2.45) is 5.92 Å². The molecular weight excluding hydrogens is 316 g/mol. The van der Waals surface area contributed by atoms with E-state index in [9.17, 15) is 0 Å². The lowest BCUT2D eigenvalue weighted by atomic mass is 9.79. The van der Waals surface area contributed by atoms with Crippen molar-refractivity contribution < 1.29 is 0 Å². The number of rotatable bonds is 6. The molecule has 26 heavy (non-hydrogen) atoms. The van der Waals surface area contributed by atoms with Gasteiger partial charge in [0.15, 0.2) is 0 Å². The summed E-state index contributed by atoms with van der Waals surface area (Å²) in [6.07, 6.45) is 1.31. The predicted molar refractivity (Wildman–Crippen MR) is 110 cm³/mol. The van der Waals surface area contributed by atoms with E-state index in [0.29, 0.717) is 5.92 Å². The lowest BCUT2D eigenvalue weighted by Gasteiger charge is -2.38. The van der Waals surface area contributed by atoms with E-state index in [0.717, 1.165) is 24.9 Å². The molecule has 0 bridgehead atoms. The summed E-state index contributed by atoms with van der Waals surface area (Å²) in [5.74, 6) is 2.02. The van der Waals surface area contributed by atoms with Crippen molar-refractivity contribution in [1.29, 1.82) is 0 Å². The molecule has 0 radical (unpaired) electrons. The van der Waals surface area contributed by atoms with Crippen molar-refractivity contribution in [3.63, 3.8) is 0 Å². The first-order chi connectivity index (χ1) is 12.8. The molecule has 2 heteroatoms. The van der Waals surface area contributed by atoms with Crippen LogP contribution >= 0.6 is 0 Å². The van der Waals surface area contributed by atoms with E-state index in [-0.39, 0.29) is 0 Å². The maximum atomic E-state index is 2.72. The highest BCUT2D eigenvalue weighted by molar-refractivity contribution is 5.46. The highest BCUT2D eigenvalue weighted by Gasteiger charge is 2.43. The van der Waals surface area contributed by atoms with Gasteiger partial charge in [0.2, 0.25) is 0 Å². The van der Waals surface area contributed by atoms with Crippen molar-refractivity contribution in [3.8, 4) is 0 Å². The van der Waals surface area contributed by atoms with Gasteiger partial charge in [-0.1, -0.05) is 68.4 Å². The van der Waals surface area contributed by atoms with Crippen LogP contribution in [-0.2, 0) is 0 Å². The second kappa shape index (κ2) is 7.94. The first-order valence-electron chi connectivity index (χ1n) is 10.4. The molecule has 1 saturated heterocycles. The Morgan fingerprint density at radius 3 is 2.35 bits per heavy atom. The van der Waals surface area contributed by atoms with E-state index >= 15 is 0 Å². The van der Waals surface area contributed by atoms with Gasteiger partial charge in [0.1, 0.15) is 0 Å². The van der Waals surface area contributed by atoms with Crippen molar-refractivity contribution in [1.82, 2.24) is 9.80 Å². The minimum Gasteiger partial charge on any atom is -0.303 e. The first-order valence-corrected chi connectivity index (χ1v) is 10.4. The molecule has 138 valence electrons. The van der Waals surface area contributed by atoms with E-state index in [1.807, 2.05) is 0 Å². The van der Waals surface area contributed by atoms with E-state index in [2.05, 4.69) is 78.2 Å². The minimum atomic E-state index is 0.564. The summed E-state index contributed by atoms with van der Waals surface area (Å²) < 4.78 is 0. The molecule has 0 amide bonds. The largest absolute Gasteiger partial charge is 0.303 e. The Kier molecular flexibility index (Phi) is 5.42. The summed E-state index contributed by atoms with van der Waals surface area (Å²) in [5.41, 5.74) is 4.70. The van der Waals surface area contributed by atoms with Crippen LogP contribution in [0.4, 0.5) is 0 Å². The second-order valence-electron chi connectivity index (χ2n) is 7.90. The molecule has 1 heterocycles. The highest BCUT2D eigenvalue weighted by atomic mass is 15.2. The van der Waals surface area contributed by atoms with Gasteiger partial charge in [-0.25, -0.2) is 0 Å². The van der Waals surface area contributed by atoms with Crippen LogP contribution in [-0.4, -0.2) is 49.1 Å². The van der Waals surface area contributed by atoms with Crippen LogP contribution in [0, 0.1) is 5.92 Å². The zero-order chi connectivity index (χ0) is 17.9. The number of likely N-dealkylation sites (N-methyl/N-ethyl adjacent to an activating group) is 1. The Morgan fingerprint density at radius 1 is 0.923 bits per heavy atom. The number of fused-ring (bicyclic) bond motifs is 3. The summed E-state index contributed by atoms with van der Waals surface area (Å²) in [4.78, 5) is 5.27. The lowest BCUT2D eigenvalue weighted by molar-refractivity contribution is 0.136. The molecule has 0 unspecified atom stereocenters. The molecule has 2 aromatic rings. The van der Waals surface area contributed by atoms with Crippen molar-refractivity contribution in [2.45, 2.75) is 32.1 Å². The maximum absolute atomic E-state index is 2.72. The average molecular weight is 349 g/mol. The number of hydrogen-bond acceptors (Lipinski definition) is 2.